The average Bonchev–Trinajstić information content (AvgIpc) is 2.48. The molecule has 1 heterocycles. The van der Waals surface area contributed by atoms with Gasteiger partial charge in [-0.25, -0.2) is 9.59 Å². The fourth-order valence-electron chi connectivity index (χ4n) is 3.47. The van der Waals surface area contributed by atoms with Gasteiger partial charge in [-0.05, 0) is 52.3 Å². The van der Waals surface area contributed by atoms with E-state index in [9.17, 15) is 14.8 Å². The summed E-state index contributed by atoms with van der Waals surface area (Å²) in [6.45, 7) is 9.13. The standard InChI is InChI=1S/C18H24N3O4/c1-12-14(19-11-22)7-6-8-15(12)20-16(23)25-13-9-17(2,3)21(24)18(4,5)10-13/h6-8,13H,9-10H2,1-5H3,(H,20,23). The Labute approximate surface area is 147 Å². The molecule has 1 amide bonds. The number of isocyanates is 1. The summed E-state index contributed by atoms with van der Waals surface area (Å²) in [7, 11) is 0. The number of hydroxylamine groups is 2. The van der Waals surface area contributed by atoms with Gasteiger partial charge in [-0.15, -0.1) is 10.3 Å². The minimum atomic E-state index is -0.610. The van der Waals surface area contributed by atoms with Crippen LogP contribution in [0.1, 0.15) is 46.1 Å². The van der Waals surface area contributed by atoms with Crippen molar-refractivity contribution in [3.63, 3.8) is 0 Å². The number of rotatable bonds is 3. The minimum Gasteiger partial charge on any atom is -0.446 e. The molecule has 1 aromatic carbocycles. The number of ether oxygens (including phenoxy) is 1. The maximum Gasteiger partial charge on any atom is 0.411 e. The number of amides is 1. The zero-order chi connectivity index (χ0) is 18.8. The molecular formula is C18H24N3O4. The lowest BCUT2D eigenvalue weighted by Crippen LogP contribution is -2.60. The normalized spacial score (nSPS) is 19.8. The van der Waals surface area contributed by atoms with Gasteiger partial charge in [0, 0.05) is 29.6 Å². The van der Waals surface area contributed by atoms with Gasteiger partial charge in [0.25, 0.3) is 0 Å². The number of benzene rings is 1. The molecular weight excluding hydrogens is 322 g/mol. The summed E-state index contributed by atoms with van der Waals surface area (Å²) >= 11 is 0. The molecule has 1 radical (unpaired) electrons. The first-order valence-electron chi connectivity index (χ1n) is 8.19. The van der Waals surface area contributed by atoms with E-state index in [4.69, 9.17) is 4.74 Å². The van der Waals surface area contributed by atoms with Crippen LogP contribution >= 0.6 is 0 Å². The van der Waals surface area contributed by atoms with Gasteiger partial charge < -0.3 is 4.74 Å². The van der Waals surface area contributed by atoms with E-state index in [1.807, 2.05) is 27.7 Å². The number of carbonyl (C=O) groups is 1. The van der Waals surface area contributed by atoms with Crippen molar-refractivity contribution in [1.82, 2.24) is 5.06 Å². The molecule has 2 rings (SSSR count). The highest BCUT2D eigenvalue weighted by molar-refractivity contribution is 5.87. The van der Waals surface area contributed by atoms with Crippen LogP contribution in [0, 0.1) is 6.92 Å². The molecule has 0 atom stereocenters. The molecule has 1 aromatic rings. The molecule has 25 heavy (non-hydrogen) atoms. The smallest absolute Gasteiger partial charge is 0.411 e. The quantitative estimate of drug-likeness (QED) is 0.664. The van der Waals surface area contributed by atoms with Crippen molar-refractivity contribution in [2.45, 2.75) is 64.6 Å². The number of carbonyl (C=O) groups excluding carboxylic acids is 2. The third-order valence-electron chi connectivity index (χ3n) is 4.54. The van der Waals surface area contributed by atoms with Crippen LogP contribution < -0.4 is 5.32 Å². The molecule has 0 aromatic heterocycles. The molecule has 1 fully saturated rings. The Morgan fingerprint density at radius 2 is 1.88 bits per heavy atom. The summed E-state index contributed by atoms with van der Waals surface area (Å²) in [4.78, 5) is 26.3. The molecule has 0 aliphatic carbocycles. The molecule has 7 nitrogen and oxygen atoms in total. The second kappa shape index (κ2) is 6.96. The van der Waals surface area contributed by atoms with Gasteiger partial charge in [0.05, 0.1) is 5.69 Å². The molecule has 0 bridgehead atoms. The first kappa shape index (κ1) is 19.1. The maximum atomic E-state index is 12.4. The van der Waals surface area contributed by atoms with Gasteiger partial charge in [0.1, 0.15) is 6.10 Å². The number of anilines is 1. The Bertz CT molecular complexity index is 690. The number of nitrogens with zero attached hydrogens (tertiary/aromatic N) is 2. The molecule has 135 valence electrons. The number of aliphatic imine (C=N–C) groups is 1. The van der Waals surface area contributed by atoms with Gasteiger partial charge in [-0.1, -0.05) is 6.07 Å². The molecule has 0 spiro atoms. The number of nitrogens with one attached hydrogen (secondary N) is 1. The van der Waals surface area contributed by atoms with E-state index in [1.54, 1.807) is 25.1 Å². The zero-order valence-corrected chi connectivity index (χ0v) is 15.3. The summed E-state index contributed by atoms with van der Waals surface area (Å²) in [5, 5.41) is 16.1. The first-order chi connectivity index (χ1) is 11.6. The van der Waals surface area contributed by atoms with Crippen LogP contribution in [0.2, 0.25) is 0 Å². The SMILES string of the molecule is Cc1c(N=C=O)cccc1NC(=O)OC1CC(C)(C)N([O])C(C)(C)C1. The molecule has 1 N–H and O–H groups in total. The lowest BCUT2D eigenvalue weighted by atomic mass is 9.80. The number of hydrogen-bond acceptors (Lipinski definition) is 5. The molecule has 1 aliphatic rings. The zero-order valence-electron chi connectivity index (χ0n) is 15.3. The third-order valence-corrected chi connectivity index (χ3v) is 4.54. The van der Waals surface area contributed by atoms with Crippen LogP contribution in [0.15, 0.2) is 23.2 Å². The van der Waals surface area contributed by atoms with Crippen molar-refractivity contribution >= 4 is 23.5 Å². The van der Waals surface area contributed by atoms with Gasteiger partial charge >= 0.3 is 6.09 Å². The van der Waals surface area contributed by atoms with Gasteiger partial charge in [-0.3, -0.25) is 5.32 Å². The highest BCUT2D eigenvalue weighted by Gasteiger charge is 2.47. The molecule has 1 saturated heterocycles. The van der Waals surface area contributed by atoms with Crippen LogP contribution in [-0.2, 0) is 14.7 Å². The largest absolute Gasteiger partial charge is 0.446 e. The number of piperidine rings is 1. The summed E-state index contributed by atoms with van der Waals surface area (Å²) < 4.78 is 5.55. The van der Waals surface area contributed by atoms with E-state index in [2.05, 4.69) is 10.3 Å². The van der Waals surface area contributed by atoms with E-state index < -0.39 is 17.2 Å². The summed E-state index contributed by atoms with van der Waals surface area (Å²) in [6, 6.07) is 5.04. The van der Waals surface area contributed by atoms with Crippen molar-refractivity contribution in [2.75, 3.05) is 5.32 Å². The lowest BCUT2D eigenvalue weighted by Gasteiger charge is -2.49. The van der Waals surface area contributed by atoms with Crippen LogP contribution in [0.25, 0.3) is 0 Å². The van der Waals surface area contributed by atoms with Gasteiger partial charge in [0.15, 0.2) is 0 Å². The van der Waals surface area contributed by atoms with Crippen molar-refractivity contribution in [1.29, 1.82) is 0 Å². The highest BCUT2D eigenvalue weighted by atomic mass is 16.6. The fraction of sp³-hybridized carbons (Fsp3) is 0.556. The van der Waals surface area contributed by atoms with E-state index in [0.29, 0.717) is 29.8 Å². The van der Waals surface area contributed by atoms with Gasteiger partial charge in [0.2, 0.25) is 6.08 Å². The monoisotopic (exact) mass is 346 g/mol. The first-order valence-corrected chi connectivity index (χ1v) is 8.19. The van der Waals surface area contributed by atoms with Crippen molar-refractivity contribution in [3.8, 4) is 0 Å². The fourth-order valence-corrected chi connectivity index (χ4v) is 3.47. The summed E-state index contributed by atoms with van der Waals surface area (Å²) in [5.74, 6) is 0. The minimum absolute atomic E-state index is 0.355. The Kier molecular flexibility index (Phi) is 5.32. The highest BCUT2D eigenvalue weighted by Crippen LogP contribution is 2.38. The van der Waals surface area contributed by atoms with Crippen LogP contribution in [0.3, 0.4) is 0 Å². The maximum absolute atomic E-state index is 12.4. The Morgan fingerprint density at radius 1 is 1.28 bits per heavy atom. The third kappa shape index (κ3) is 4.25. The second-order valence-electron chi connectivity index (χ2n) is 7.63. The van der Waals surface area contributed by atoms with Gasteiger partial charge in [-0.2, -0.15) is 4.99 Å². The Hall–Kier alpha value is -2.21. The van der Waals surface area contributed by atoms with Crippen molar-refractivity contribution in [3.05, 3.63) is 23.8 Å². The topological polar surface area (TPSA) is 90.9 Å². The number of hydrogen-bond donors (Lipinski definition) is 1. The van der Waals surface area contributed by atoms with Crippen LogP contribution in [0.5, 0.6) is 0 Å². The summed E-state index contributed by atoms with van der Waals surface area (Å²) in [5.41, 5.74) is 0.386. The molecule has 7 heteroatoms. The molecule has 0 unspecified atom stereocenters. The van der Waals surface area contributed by atoms with E-state index in [1.165, 1.54) is 6.08 Å². The Balaban J connectivity index is 2.08. The predicted molar refractivity (Wildman–Crippen MR) is 92.8 cm³/mol. The van der Waals surface area contributed by atoms with E-state index in [0.717, 1.165) is 5.06 Å². The molecule has 0 saturated carbocycles. The van der Waals surface area contributed by atoms with E-state index in [-0.39, 0.29) is 6.10 Å². The second-order valence-corrected chi connectivity index (χ2v) is 7.63. The van der Waals surface area contributed by atoms with Crippen molar-refractivity contribution in [2.24, 2.45) is 4.99 Å². The molecule has 1 aliphatic heterocycles. The van der Waals surface area contributed by atoms with Crippen LogP contribution in [0.4, 0.5) is 16.2 Å². The van der Waals surface area contributed by atoms with E-state index >= 15 is 0 Å². The Morgan fingerprint density at radius 3 is 2.44 bits per heavy atom. The predicted octanol–water partition coefficient (Wildman–Crippen LogP) is 3.88. The average molecular weight is 346 g/mol. The summed E-state index contributed by atoms with van der Waals surface area (Å²) in [6.07, 6.45) is 1.46. The van der Waals surface area contributed by atoms with Crippen molar-refractivity contribution < 1.29 is 19.5 Å². The lowest BCUT2D eigenvalue weighted by molar-refractivity contribution is -0.297. The van der Waals surface area contributed by atoms with Crippen LogP contribution in [-0.4, -0.2) is 34.4 Å².